The van der Waals surface area contributed by atoms with Crippen molar-refractivity contribution in [3.05, 3.63) is 24.3 Å². The molecule has 1 aromatic carbocycles. The van der Waals surface area contributed by atoms with Crippen molar-refractivity contribution in [2.75, 3.05) is 29.9 Å². The Hall–Kier alpha value is -1.18. The molecular formula is C13H20N2. The van der Waals surface area contributed by atoms with Crippen molar-refractivity contribution in [1.82, 2.24) is 0 Å². The highest BCUT2D eigenvalue weighted by molar-refractivity contribution is 5.71. The predicted molar refractivity (Wildman–Crippen MR) is 66.6 cm³/mol. The molecule has 1 heterocycles. The molecule has 0 aliphatic carbocycles. The first-order valence-corrected chi connectivity index (χ1v) is 5.70. The van der Waals surface area contributed by atoms with Gasteiger partial charge in [0.1, 0.15) is 0 Å². The number of nitrogens with zero attached hydrogens (tertiary/aromatic N) is 1. The number of nitrogens with one attached hydrogen (secondary N) is 1. The van der Waals surface area contributed by atoms with Crippen LogP contribution in [0, 0.1) is 5.41 Å². The van der Waals surface area contributed by atoms with Gasteiger partial charge in [-0.1, -0.05) is 26.0 Å². The summed E-state index contributed by atoms with van der Waals surface area (Å²) in [4.78, 5) is 2.45. The van der Waals surface area contributed by atoms with Gasteiger partial charge in [0.2, 0.25) is 0 Å². The first-order valence-electron chi connectivity index (χ1n) is 5.70. The summed E-state index contributed by atoms with van der Waals surface area (Å²) in [6.45, 7) is 10.1. The molecule has 1 aliphatic heterocycles. The van der Waals surface area contributed by atoms with Crippen LogP contribution in [0.25, 0.3) is 0 Å². The predicted octanol–water partition coefficient (Wildman–Crippen LogP) is 2.96. The molecule has 0 aromatic heterocycles. The van der Waals surface area contributed by atoms with E-state index >= 15 is 0 Å². The standard InChI is InChI=1S/C13H20N2/c1-4-15-10-13(2,3)9-14-11-7-5-6-8-12(11)15/h5-8,14H,4,9-10H2,1-3H3. The first-order chi connectivity index (χ1) is 7.12. The Labute approximate surface area is 92.3 Å². The molecular weight excluding hydrogens is 184 g/mol. The molecule has 0 saturated carbocycles. The van der Waals surface area contributed by atoms with Crippen LogP contribution in [-0.4, -0.2) is 19.6 Å². The minimum atomic E-state index is 0.328. The van der Waals surface area contributed by atoms with Crippen LogP contribution < -0.4 is 10.2 Å². The molecule has 2 rings (SSSR count). The van der Waals surface area contributed by atoms with Crippen molar-refractivity contribution in [3.8, 4) is 0 Å². The summed E-state index contributed by atoms with van der Waals surface area (Å²) in [5.74, 6) is 0. The van der Waals surface area contributed by atoms with Crippen LogP contribution in [0.15, 0.2) is 24.3 Å². The van der Waals surface area contributed by atoms with Crippen LogP contribution in [-0.2, 0) is 0 Å². The van der Waals surface area contributed by atoms with Crippen molar-refractivity contribution in [2.24, 2.45) is 5.41 Å². The van der Waals surface area contributed by atoms with E-state index < -0.39 is 0 Å². The molecule has 2 heteroatoms. The highest BCUT2D eigenvalue weighted by Gasteiger charge is 2.25. The summed E-state index contributed by atoms with van der Waals surface area (Å²) >= 11 is 0. The SMILES string of the molecule is CCN1CC(C)(C)CNc2ccccc21. The van der Waals surface area contributed by atoms with Gasteiger partial charge in [0.25, 0.3) is 0 Å². The van der Waals surface area contributed by atoms with E-state index in [0.29, 0.717) is 5.41 Å². The topological polar surface area (TPSA) is 15.3 Å². The summed E-state index contributed by atoms with van der Waals surface area (Å²) in [5, 5.41) is 3.54. The molecule has 0 fully saturated rings. The fourth-order valence-electron chi connectivity index (χ4n) is 2.17. The zero-order valence-corrected chi connectivity index (χ0v) is 9.88. The monoisotopic (exact) mass is 204 g/mol. The number of anilines is 2. The van der Waals surface area contributed by atoms with Crippen LogP contribution in [0.5, 0.6) is 0 Å². The van der Waals surface area contributed by atoms with Gasteiger partial charge in [0, 0.05) is 19.6 Å². The molecule has 0 atom stereocenters. The van der Waals surface area contributed by atoms with E-state index in [-0.39, 0.29) is 0 Å². The van der Waals surface area contributed by atoms with E-state index in [9.17, 15) is 0 Å². The molecule has 2 nitrogen and oxygen atoms in total. The molecule has 0 bridgehead atoms. The van der Waals surface area contributed by atoms with Crippen molar-refractivity contribution in [2.45, 2.75) is 20.8 Å². The van der Waals surface area contributed by atoms with Crippen molar-refractivity contribution < 1.29 is 0 Å². The number of benzene rings is 1. The van der Waals surface area contributed by atoms with Gasteiger partial charge in [-0.3, -0.25) is 0 Å². The third kappa shape index (κ3) is 2.09. The summed E-state index contributed by atoms with van der Waals surface area (Å²) in [6.07, 6.45) is 0. The van der Waals surface area contributed by atoms with E-state index in [1.54, 1.807) is 0 Å². The Balaban J connectivity index is 2.37. The molecule has 0 radical (unpaired) electrons. The van der Waals surface area contributed by atoms with E-state index in [0.717, 1.165) is 19.6 Å². The van der Waals surface area contributed by atoms with Crippen LogP contribution in [0.2, 0.25) is 0 Å². The van der Waals surface area contributed by atoms with Gasteiger partial charge in [-0.2, -0.15) is 0 Å². The molecule has 15 heavy (non-hydrogen) atoms. The number of hydrogen-bond donors (Lipinski definition) is 1. The Bertz CT molecular complexity index is 344. The summed E-state index contributed by atoms with van der Waals surface area (Å²) < 4.78 is 0. The summed E-state index contributed by atoms with van der Waals surface area (Å²) in [5.41, 5.74) is 2.94. The van der Waals surface area contributed by atoms with Gasteiger partial charge in [-0.25, -0.2) is 0 Å². The molecule has 82 valence electrons. The molecule has 0 unspecified atom stereocenters. The lowest BCUT2D eigenvalue weighted by Gasteiger charge is -2.30. The highest BCUT2D eigenvalue weighted by Crippen LogP contribution is 2.32. The second kappa shape index (κ2) is 3.76. The first kappa shape index (κ1) is 10.3. The van der Waals surface area contributed by atoms with Gasteiger partial charge in [-0.15, -0.1) is 0 Å². The fourth-order valence-corrected chi connectivity index (χ4v) is 2.17. The highest BCUT2D eigenvalue weighted by atomic mass is 15.2. The quantitative estimate of drug-likeness (QED) is 0.756. The third-order valence-electron chi connectivity index (χ3n) is 3.00. The summed E-state index contributed by atoms with van der Waals surface area (Å²) in [6, 6.07) is 8.58. The van der Waals surface area contributed by atoms with E-state index in [4.69, 9.17) is 0 Å². The minimum absolute atomic E-state index is 0.328. The maximum Gasteiger partial charge on any atom is 0.0602 e. The lowest BCUT2D eigenvalue weighted by Crippen LogP contribution is -2.35. The second-order valence-corrected chi connectivity index (χ2v) is 5.05. The van der Waals surface area contributed by atoms with Crippen molar-refractivity contribution in [3.63, 3.8) is 0 Å². The maximum absolute atomic E-state index is 3.54. The number of rotatable bonds is 1. The van der Waals surface area contributed by atoms with Crippen LogP contribution in [0.3, 0.4) is 0 Å². The zero-order valence-electron chi connectivity index (χ0n) is 9.88. The van der Waals surface area contributed by atoms with E-state index in [2.05, 4.69) is 55.3 Å². The smallest absolute Gasteiger partial charge is 0.0602 e. The molecule has 0 amide bonds. The molecule has 0 saturated heterocycles. The average Bonchev–Trinajstić information content (AvgIpc) is 2.36. The van der Waals surface area contributed by atoms with Gasteiger partial charge >= 0.3 is 0 Å². The molecule has 1 aromatic rings. The van der Waals surface area contributed by atoms with Gasteiger partial charge in [-0.05, 0) is 24.5 Å². The van der Waals surface area contributed by atoms with Crippen LogP contribution in [0.4, 0.5) is 11.4 Å². The third-order valence-corrected chi connectivity index (χ3v) is 3.00. The average molecular weight is 204 g/mol. The fraction of sp³-hybridized carbons (Fsp3) is 0.538. The van der Waals surface area contributed by atoms with E-state index in [1.807, 2.05) is 0 Å². The molecule has 1 N–H and O–H groups in total. The van der Waals surface area contributed by atoms with Gasteiger partial charge in [0.05, 0.1) is 11.4 Å². The molecule has 0 spiro atoms. The van der Waals surface area contributed by atoms with Crippen molar-refractivity contribution >= 4 is 11.4 Å². The zero-order chi connectivity index (χ0) is 10.9. The van der Waals surface area contributed by atoms with Gasteiger partial charge in [0.15, 0.2) is 0 Å². The molecule has 1 aliphatic rings. The number of para-hydroxylation sites is 2. The lowest BCUT2D eigenvalue weighted by molar-refractivity contribution is 0.397. The number of fused-ring (bicyclic) bond motifs is 1. The van der Waals surface area contributed by atoms with Crippen LogP contribution >= 0.6 is 0 Å². The van der Waals surface area contributed by atoms with Crippen molar-refractivity contribution in [1.29, 1.82) is 0 Å². The largest absolute Gasteiger partial charge is 0.383 e. The Morgan fingerprint density at radius 3 is 2.80 bits per heavy atom. The van der Waals surface area contributed by atoms with E-state index in [1.165, 1.54) is 11.4 Å². The Morgan fingerprint density at radius 1 is 1.33 bits per heavy atom. The number of hydrogen-bond acceptors (Lipinski definition) is 2. The van der Waals surface area contributed by atoms with Gasteiger partial charge < -0.3 is 10.2 Å². The lowest BCUT2D eigenvalue weighted by atomic mass is 9.93. The Morgan fingerprint density at radius 2 is 2.07 bits per heavy atom. The maximum atomic E-state index is 3.54. The minimum Gasteiger partial charge on any atom is -0.383 e. The summed E-state index contributed by atoms with van der Waals surface area (Å²) in [7, 11) is 0. The Kier molecular flexibility index (Phi) is 2.59. The van der Waals surface area contributed by atoms with Crippen LogP contribution in [0.1, 0.15) is 20.8 Å². The normalized spacial score (nSPS) is 19.0. The second-order valence-electron chi connectivity index (χ2n) is 5.05.